The molecule has 3 heteroatoms. The van der Waals surface area contributed by atoms with Crippen LogP contribution in [0, 0.1) is 0 Å². The molecule has 3 nitrogen and oxygen atoms in total. The summed E-state index contributed by atoms with van der Waals surface area (Å²) in [7, 11) is 0. The van der Waals surface area contributed by atoms with Gasteiger partial charge >= 0.3 is 0 Å². The highest BCUT2D eigenvalue weighted by molar-refractivity contribution is 6.07. The van der Waals surface area contributed by atoms with Gasteiger partial charge in [-0.25, -0.2) is 0 Å². The standard InChI is InChI=1S/C23H28N2O/c1-23(2)17-25(21-9-5-4-8-20(21)23)22(26)19-12-10-18(11-13-19)16-24-14-6-3-7-15-24/h4-5,8-13H,3,6-7,14-17H2,1-2H3. The van der Waals surface area contributed by atoms with Gasteiger partial charge in [0.2, 0.25) is 0 Å². The minimum atomic E-state index is 0.000453. The molecule has 1 fully saturated rings. The molecule has 2 aromatic rings. The van der Waals surface area contributed by atoms with Crippen LogP contribution in [0.25, 0.3) is 0 Å². The van der Waals surface area contributed by atoms with E-state index in [9.17, 15) is 4.79 Å². The number of rotatable bonds is 3. The van der Waals surface area contributed by atoms with Crippen LogP contribution >= 0.6 is 0 Å². The van der Waals surface area contributed by atoms with Crippen molar-refractivity contribution in [2.24, 2.45) is 0 Å². The zero-order chi connectivity index (χ0) is 18.1. The van der Waals surface area contributed by atoms with Gasteiger partial charge in [0, 0.05) is 29.8 Å². The number of fused-ring (bicyclic) bond motifs is 1. The van der Waals surface area contributed by atoms with Crippen LogP contribution in [-0.2, 0) is 12.0 Å². The largest absolute Gasteiger partial charge is 0.307 e. The first-order valence-electron chi connectivity index (χ1n) is 9.77. The fraction of sp³-hybridized carbons (Fsp3) is 0.435. The molecule has 0 aromatic heterocycles. The molecular formula is C23H28N2O. The molecule has 4 rings (SSSR count). The Bertz CT molecular complexity index is 788. The highest BCUT2D eigenvalue weighted by Gasteiger charge is 2.37. The summed E-state index contributed by atoms with van der Waals surface area (Å²) in [5.41, 5.74) is 4.39. The van der Waals surface area contributed by atoms with Crippen LogP contribution in [-0.4, -0.2) is 30.4 Å². The Morgan fingerprint density at radius 3 is 2.38 bits per heavy atom. The van der Waals surface area contributed by atoms with E-state index in [1.54, 1.807) is 0 Å². The van der Waals surface area contributed by atoms with Gasteiger partial charge in [-0.05, 0) is 55.3 Å². The summed E-state index contributed by atoms with van der Waals surface area (Å²) < 4.78 is 0. The second-order valence-electron chi connectivity index (χ2n) is 8.33. The molecule has 2 aliphatic heterocycles. The molecule has 0 bridgehead atoms. The summed E-state index contributed by atoms with van der Waals surface area (Å²) in [6.45, 7) is 8.54. The molecule has 0 aliphatic carbocycles. The fourth-order valence-electron chi connectivity index (χ4n) is 4.31. The number of piperidine rings is 1. The third-order valence-electron chi connectivity index (χ3n) is 5.78. The van der Waals surface area contributed by atoms with Gasteiger partial charge in [0.05, 0.1) is 0 Å². The Morgan fingerprint density at radius 1 is 0.962 bits per heavy atom. The summed E-state index contributed by atoms with van der Waals surface area (Å²) >= 11 is 0. The summed E-state index contributed by atoms with van der Waals surface area (Å²) in [6, 6.07) is 16.5. The highest BCUT2D eigenvalue weighted by atomic mass is 16.2. The smallest absolute Gasteiger partial charge is 0.258 e. The first-order valence-corrected chi connectivity index (χ1v) is 9.77. The number of likely N-dealkylation sites (tertiary alicyclic amines) is 1. The number of carbonyl (C=O) groups excluding carboxylic acids is 1. The number of benzene rings is 2. The van der Waals surface area contributed by atoms with E-state index < -0.39 is 0 Å². The van der Waals surface area contributed by atoms with Gasteiger partial charge < -0.3 is 4.90 Å². The van der Waals surface area contributed by atoms with Gasteiger partial charge in [0.15, 0.2) is 0 Å². The monoisotopic (exact) mass is 348 g/mol. The summed E-state index contributed by atoms with van der Waals surface area (Å²) in [5.74, 6) is 0.104. The van der Waals surface area contributed by atoms with Gasteiger partial charge in [-0.2, -0.15) is 0 Å². The minimum absolute atomic E-state index is 0.000453. The lowest BCUT2D eigenvalue weighted by atomic mass is 9.87. The Hall–Kier alpha value is -2.13. The molecule has 2 heterocycles. The molecule has 0 atom stereocenters. The number of hydrogen-bond acceptors (Lipinski definition) is 2. The van der Waals surface area contributed by atoms with Crippen LogP contribution in [0.2, 0.25) is 0 Å². The topological polar surface area (TPSA) is 23.6 Å². The van der Waals surface area contributed by atoms with Crippen molar-refractivity contribution in [1.82, 2.24) is 4.90 Å². The van der Waals surface area contributed by atoms with Crippen molar-refractivity contribution in [1.29, 1.82) is 0 Å². The second kappa shape index (κ2) is 6.88. The molecule has 136 valence electrons. The number of anilines is 1. The van der Waals surface area contributed by atoms with Crippen molar-refractivity contribution in [2.75, 3.05) is 24.5 Å². The Balaban J connectivity index is 1.50. The second-order valence-corrected chi connectivity index (χ2v) is 8.33. The molecule has 0 radical (unpaired) electrons. The molecule has 0 spiro atoms. The normalized spacial score (nSPS) is 19.4. The lowest BCUT2D eigenvalue weighted by Crippen LogP contribution is -2.34. The van der Waals surface area contributed by atoms with Crippen molar-refractivity contribution in [2.45, 2.75) is 45.1 Å². The van der Waals surface area contributed by atoms with Crippen LogP contribution in [0.3, 0.4) is 0 Å². The molecule has 0 saturated carbocycles. The average Bonchev–Trinajstić information content (AvgIpc) is 2.94. The van der Waals surface area contributed by atoms with E-state index in [1.807, 2.05) is 23.1 Å². The van der Waals surface area contributed by atoms with E-state index in [-0.39, 0.29) is 11.3 Å². The van der Waals surface area contributed by atoms with Crippen LogP contribution in [0.4, 0.5) is 5.69 Å². The first-order chi connectivity index (χ1) is 12.5. The number of hydrogen-bond donors (Lipinski definition) is 0. The van der Waals surface area contributed by atoms with E-state index >= 15 is 0 Å². The fourth-order valence-corrected chi connectivity index (χ4v) is 4.31. The quantitative estimate of drug-likeness (QED) is 0.809. The van der Waals surface area contributed by atoms with Crippen molar-refractivity contribution in [3.8, 4) is 0 Å². The van der Waals surface area contributed by atoms with Crippen LogP contribution in [0.5, 0.6) is 0 Å². The van der Waals surface area contributed by atoms with Gasteiger partial charge in [-0.3, -0.25) is 9.69 Å². The van der Waals surface area contributed by atoms with Gasteiger partial charge in [0.25, 0.3) is 5.91 Å². The molecule has 1 amide bonds. The zero-order valence-corrected chi connectivity index (χ0v) is 15.9. The van der Waals surface area contributed by atoms with Gasteiger partial charge in [0.1, 0.15) is 0 Å². The maximum Gasteiger partial charge on any atom is 0.258 e. The zero-order valence-electron chi connectivity index (χ0n) is 15.9. The van der Waals surface area contributed by atoms with Crippen molar-refractivity contribution in [3.63, 3.8) is 0 Å². The van der Waals surface area contributed by atoms with Gasteiger partial charge in [-0.1, -0.05) is 50.6 Å². The lowest BCUT2D eigenvalue weighted by Gasteiger charge is -2.26. The third kappa shape index (κ3) is 3.28. The van der Waals surface area contributed by atoms with Gasteiger partial charge in [-0.15, -0.1) is 0 Å². The molecule has 0 N–H and O–H groups in total. The molecule has 26 heavy (non-hydrogen) atoms. The maximum absolute atomic E-state index is 13.1. The highest BCUT2D eigenvalue weighted by Crippen LogP contribution is 2.40. The predicted molar refractivity (Wildman–Crippen MR) is 107 cm³/mol. The van der Waals surface area contributed by atoms with Crippen molar-refractivity contribution >= 4 is 11.6 Å². The van der Waals surface area contributed by atoms with E-state index in [0.29, 0.717) is 0 Å². The van der Waals surface area contributed by atoms with Crippen LogP contribution in [0.1, 0.15) is 54.6 Å². The molecule has 2 aromatic carbocycles. The average molecular weight is 348 g/mol. The van der Waals surface area contributed by atoms with Crippen LogP contribution in [0.15, 0.2) is 48.5 Å². The number of para-hydroxylation sites is 1. The third-order valence-corrected chi connectivity index (χ3v) is 5.78. The molecule has 1 saturated heterocycles. The number of nitrogens with zero attached hydrogens (tertiary/aromatic N) is 2. The Kier molecular flexibility index (Phi) is 4.58. The van der Waals surface area contributed by atoms with Crippen molar-refractivity contribution in [3.05, 3.63) is 65.2 Å². The molecule has 2 aliphatic rings. The lowest BCUT2D eigenvalue weighted by molar-refractivity contribution is 0.0986. The molecular weight excluding hydrogens is 320 g/mol. The van der Waals surface area contributed by atoms with Crippen LogP contribution < -0.4 is 4.90 Å². The number of amides is 1. The van der Waals surface area contributed by atoms with E-state index in [1.165, 1.54) is 43.5 Å². The maximum atomic E-state index is 13.1. The Labute approximate surface area is 156 Å². The van der Waals surface area contributed by atoms with E-state index in [0.717, 1.165) is 24.3 Å². The van der Waals surface area contributed by atoms with Crippen molar-refractivity contribution < 1.29 is 4.79 Å². The minimum Gasteiger partial charge on any atom is -0.307 e. The SMILES string of the molecule is CC1(C)CN(C(=O)c2ccc(CN3CCCCC3)cc2)c2ccccc21. The van der Waals surface area contributed by atoms with E-state index in [4.69, 9.17) is 0 Å². The summed E-state index contributed by atoms with van der Waals surface area (Å²) in [6.07, 6.45) is 3.97. The first kappa shape index (κ1) is 17.3. The predicted octanol–water partition coefficient (Wildman–Crippen LogP) is 4.61. The van der Waals surface area contributed by atoms with E-state index in [2.05, 4.69) is 49.1 Å². The Morgan fingerprint density at radius 2 is 1.65 bits per heavy atom. The molecule has 0 unspecified atom stereocenters. The summed E-state index contributed by atoms with van der Waals surface area (Å²) in [4.78, 5) is 17.6. The number of carbonyl (C=O) groups is 1. The summed E-state index contributed by atoms with van der Waals surface area (Å²) in [5, 5.41) is 0.